The molecule has 0 aliphatic heterocycles. The Labute approximate surface area is 68.8 Å². The molecule has 0 N–H and O–H groups in total. The van der Waals surface area contributed by atoms with Crippen LogP contribution in [0.1, 0.15) is 26.7 Å². The van der Waals surface area contributed by atoms with Crippen LogP contribution < -0.4 is 0 Å². The van der Waals surface area contributed by atoms with Gasteiger partial charge in [-0.1, -0.05) is 38.7 Å². The Morgan fingerprint density at radius 3 is 2.55 bits per heavy atom. The number of hydrogen-bond donors (Lipinski definition) is 0. The number of aldehydes is 1. The molecule has 0 saturated carbocycles. The second kappa shape index (κ2) is 4.89. The van der Waals surface area contributed by atoms with Crippen LogP contribution in [0.15, 0.2) is 24.8 Å². The van der Waals surface area contributed by atoms with E-state index in [9.17, 15) is 4.79 Å². The van der Waals surface area contributed by atoms with Crippen molar-refractivity contribution >= 4 is 6.29 Å². The Balaban J connectivity index is 3.61. The van der Waals surface area contributed by atoms with Gasteiger partial charge in [0.1, 0.15) is 6.29 Å². The first-order valence-electron chi connectivity index (χ1n) is 3.86. The average Bonchev–Trinajstić information content (AvgIpc) is 1.99. The fourth-order valence-electron chi connectivity index (χ4n) is 0.707. The third-order valence-corrected chi connectivity index (χ3v) is 1.55. The molecule has 1 heteroatoms. The number of allylic oxidation sites excluding steroid dienone is 3. The zero-order valence-electron chi connectivity index (χ0n) is 7.34. The minimum atomic E-state index is -0.175. The summed E-state index contributed by atoms with van der Waals surface area (Å²) < 4.78 is 0. The highest BCUT2D eigenvalue weighted by molar-refractivity contribution is 5.57. The zero-order chi connectivity index (χ0) is 8.74. The topological polar surface area (TPSA) is 17.1 Å². The van der Waals surface area contributed by atoms with E-state index in [0.717, 1.165) is 19.1 Å². The molecule has 0 unspecified atom stereocenters. The van der Waals surface area contributed by atoms with Crippen molar-refractivity contribution in [2.45, 2.75) is 26.7 Å². The van der Waals surface area contributed by atoms with Gasteiger partial charge in [0.05, 0.1) is 0 Å². The number of rotatable bonds is 5. The van der Waals surface area contributed by atoms with E-state index in [4.69, 9.17) is 0 Å². The van der Waals surface area contributed by atoms with Gasteiger partial charge in [0.2, 0.25) is 0 Å². The lowest BCUT2D eigenvalue weighted by molar-refractivity contribution is -0.114. The summed E-state index contributed by atoms with van der Waals surface area (Å²) in [4.78, 5) is 10.4. The highest BCUT2D eigenvalue weighted by Crippen LogP contribution is 2.18. The van der Waals surface area contributed by atoms with Crippen LogP contribution in [0, 0.1) is 5.41 Å². The SMILES string of the molecule is C=C/C=C/CCC(C)(C)C=O. The molecule has 0 rings (SSSR count). The van der Waals surface area contributed by atoms with Crippen molar-refractivity contribution in [3.05, 3.63) is 24.8 Å². The standard InChI is InChI=1S/C10H16O/c1-4-5-6-7-8-10(2,3)9-11/h4-6,9H,1,7-8H2,2-3H3/b6-5+. The minimum absolute atomic E-state index is 0.175. The number of hydrogen-bond acceptors (Lipinski definition) is 1. The lowest BCUT2D eigenvalue weighted by Crippen LogP contribution is -2.11. The summed E-state index contributed by atoms with van der Waals surface area (Å²) in [5.74, 6) is 0. The first-order chi connectivity index (χ1) is 5.12. The summed E-state index contributed by atoms with van der Waals surface area (Å²) in [5, 5.41) is 0. The lowest BCUT2D eigenvalue weighted by atomic mass is 9.90. The Morgan fingerprint density at radius 2 is 2.09 bits per heavy atom. The molecule has 0 bridgehead atoms. The lowest BCUT2D eigenvalue weighted by Gasteiger charge is -2.13. The maximum atomic E-state index is 10.4. The van der Waals surface area contributed by atoms with Crippen LogP contribution in [0.2, 0.25) is 0 Å². The highest BCUT2D eigenvalue weighted by atomic mass is 16.1. The van der Waals surface area contributed by atoms with E-state index >= 15 is 0 Å². The molecule has 0 aromatic heterocycles. The third-order valence-electron chi connectivity index (χ3n) is 1.55. The molecule has 0 aromatic rings. The zero-order valence-corrected chi connectivity index (χ0v) is 7.34. The average molecular weight is 152 g/mol. The second-order valence-corrected chi connectivity index (χ2v) is 3.31. The summed E-state index contributed by atoms with van der Waals surface area (Å²) in [6.45, 7) is 7.45. The molecule has 0 radical (unpaired) electrons. The van der Waals surface area contributed by atoms with Gasteiger partial charge in [-0.2, -0.15) is 0 Å². The monoisotopic (exact) mass is 152 g/mol. The molecule has 62 valence electrons. The Hall–Kier alpha value is -0.850. The normalized spacial score (nSPS) is 11.8. The quantitative estimate of drug-likeness (QED) is 0.437. The molecule has 0 atom stereocenters. The van der Waals surface area contributed by atoms with Gasteiger partial charge in [-0.3, -0.25) is 0 Å². The first-order valence-corrected chi connectivity index (χ1v) is 3.86. The van der Waals surface area contributed by atoms with Gasteiger partial charge in [0, 0.05) is 5.41 Å². The summed E-state index contributed by atoms with van der Waals surface area (Å²) >= 11 is 0. The molecule has 0 aliphatic carbocycles. The van der Waals surface area contributed by atoms with Gasteiger partial charge >= 0.3 is 0 Å². The Morgan fingerprint density at radius 1 is 1.45 bits per heavy atom. The molecule has 0 spiro atoms. The molecule has 0 amide bonds. The third kappa shape index (κ3) is 5.59. The van der Waals surface area contributed by atoms with Crippen molar-refractivity contribution in [3.63, 3.8) is 0 Å². The van der Waals surface area contributed by atoms with E-state index in [0.29, 0.717) is 0 Å². The van der Waals surface area contributed by atoms with Crippen LogP contribution in [0.3, 0.4) is 0 Å². The van der Waals surface area contributed by atoms with Crippen molar-refractivity contribution in [2.75, 3.05) is 0 Å². The van der Waals surface area contributed by atoms with E-state index in [1.54, 1.807) is 6.08 Å². The summed E-state index contributed by atoms with van der Waals surface area (Å²) in [5.41, 5.74) is -0.175. The van der Waals surface area contributed by atoms with Gasteiger partial charge in [0.25, 0.3) is 0 Å². The summed E-state index contributed by atoms with van der Waals surface area (Å²) in [7, 11) is 0. The van der Waals surface area contributed by atoms with E-state index in [-0.39, 0.29) is 5.41 Å². The van der Waals surface area contributed by atoms with E-state index in [1.165, 1.54) is 0 Å². The highest BCUT2D eigenvalue weighted by Gasteiger charge is 2.14. The molecule has 0 fully saturated rings. The van der Waals surface area contributed by atoms with Crippen molar-refractivity contribution in [2.24, 2.45) is 5.41 Å². The fourth-order valence-corrected chi connectivity index (χ4v) is 0.707. The van der Waals surface area contributed by atoms with Gasteiger partial charge in [-0.15, -0.1) is 0 Å². The molecule has 11 heavy (non-hydrogen) atoms. The summed E-state index contributed by atoms with van der Waals surface area (Å²) in [6, 6.07) is 0. The van der Waals surface area contributed by atoms with Gasteiger partial charge in [-0.25, -0.2) is 0 Å². The molecule has 0 saturated heterocycles. The largest absolute Gasteiger partial charge is 0.303 e. The predicted molar refractivity (Wildman–Crippen MR) is 48.4 cm³/mol. The molecule has 0 aliphatic rings. The molecular weight excluding hydrogens is 136 g/mol. The number of carbonyl (C=O) groups is 1. The van der Waals surface area contributed by atoms with Crippen molar-refractivity contribution in [1.29, 1.82) is 0 Å². The van der Waals surface area contributed by atoms with E-state index in [1.807, 2.05) is 26.0 Å². The van der Waals surface area contributed by atoms with Crippen LogP contribution in [0.4, 0.5) is 0 Å². The van der Waals surface area contributed by atoms with Gasteiger partial charge in [0.15, 0.2) is 0 Å². The Kier molecular flexibility index (Phi) is 4.51. The maximum Gasteiger partial charge on any atom is 0.125 e. The van der Waals surface area contributed by atoms with Crippen LogP contribution in [-0.4, -0.2) is 6.29 Å². The van der Waals surface area contributed by atoms with E-state index < -0.39 is 0 Å². The van der Waals surface area contributed by atoms with Crippen molar-refractivity contribution in [1.82, 2.24) is 0 Å². The number of carbonyl (C=O) groups excluding carboxylic acids is 1. The fraction of sp³-hybridized carbons (Fsp3) is 0.500. The second-order valence-electron chi connectivity index (χ2n) is 3.31. The summed E-state index contributed by atoms with van der Waals surface area (Å²) in [6.07, 6.45) is 8.53. The van der Waals surface area contributed by atoms with Crippen molar-refractivity contribution in [3.8, 4) is 0 Å². The predicted octanol–water partition coefficient (Wildman–Crippen LogP) is 2.73. The van der Waals surface area contributed by atoms with Crippen LogP contribution >= 0.6 is 0 Å². The first kappa shape index (κ1) is 10.2. The van der Waals surface area contributed by atoms with Crippen molar-refractivity contribution < 1.29 is 4.79 Å². The van der Waals surface area contributed by atoms with Gasteiger partial charge < -0.3 is 4.79 Å². The van der Waals surface area contributed by atoms with Gasteiger partial charge in [-0.05, 0) is 12.8 Å². The minimum Gasteiger partial charge on any atom is -0.303 e. The van der Waals surface area contributed by atoms with Crippen LogP contribution in [0.5, 0.6) is 0 Å². The van der Waals surface area contributed by atoms with E-state index in [2.05, 4.69) is 6.58 Å². The molecule has 0 heterocycles. The molecule has 0 aromatic carbocycles. The van der Waals surface area contributed by atoms with Crippen LogP contribution in [0.25, 0.3) is 0 Å². The van der Waals surface area contributed by atoms with Crippen LogP contribution in [-0.2, 0) is 4.79 Å². The molecule has 1 nitrogen and oxygen atoms in total. The smallest absolute Gasteiger partial charge is 0.125 e. The Bertz CT molecular complexity index is 154. The maximum absolute atomic E-state index is 10.4. The molecular formula is C10H16O.